The van der Waals surface area contributed by atoms with Crippen LogP contribution in [0.15, 0.2) is 77.7 Å². The first-order valence-corrected chi connectivity index (χ1v) is 13.0. The fourth-order valence-corrected chi connectivity index (χ4v) is 5.43. The van der Waals surface area contributed by atoms with Crippen LogP contribution in [0.3, 0.4) is 0 Å². The number of benzene rings is 3. The number of nitrogens with zero attached hydrogens (tertiary/aromatic N) is 2. The first-order valence-electron chi connectivity index (χ1n) is 11.1. The van der Waals surface area contributed by atoms with Gasteiger partial charge in [0.1, 0.15) is 5.75 Å². The Morgan fingerprint density at radius 1 is 1.06 bits per heavy atom. The van der Waals surface area contributed by atoms with Gasteiger partial charge in [0.25, 0.3) is 0 Å². The molecule has 0 fully saturated rings. The summed E-state index contributed by atoms with van der Waals surface area (Å²) in [5, 5.41) is 0.386. The fourth-order valence-electron chi connectivity index (χ4n) is 3.86. The monoisotopic (exact) mass is 528 g/mol. The van der Waals surface area contributed by atoms with Crippen molar-refractivity contribution in [3.8, 4) is 5.75 Å². The highest BCUT2D eigenvalue weighted by Crippen LogP contribution is 2.34. The smallest absolute Gasteiger partial charge is 0.348 e. The van der Waals surface area contributed by atoms with Crippen LogP contribution in [0, 0.1) is 6.92 Å². The minimum absolute atomic E-state index is 0.0581. The molecule has 1 aliphatic rings. The molecule has 0 bridgehead atoms. The molecule has 4 rings (SSSR count). The van der Waals surface area contributed by atoms with Gasteiger partial charge in [0, 0.05) is 11.6 Å². The van der Waals surface area contributed by atoms with E-state index in [1.807, 2.05) is 6.92 Å². The Hall–Kier alpha value is -3.40. The number of hydrogen-bond acceptors (Lipinski definition) is 6. The van der Waals surface area contributed by atoms with E-state index in [-0.39, 0.29) is 18.0 Å². The predicted octanol–water partition coefficient (Wildman–Crippen LogP) is 3.81. The highest BCUT2D eigenvalue weighted by Gasteiger charge is 2.36. The summed E-state index contributed by atoms with van der Waals surface area (Å²) in [5.74, 6) is -0.837. The van der Waals surface area contributed by atoms with E-state index < -0.39 is 34.5 Å². The van der Waals surface area contributed by atoms with Gasteiger partial charge in [-0.05, 0) is 42.8 Å². The largest absolute Gasteiger partial charge is 0.475 e. The van der Waals surface area contributed by atoms with Crippen LogP contribution in [-0.2, 0) is 30.9 Å². The zero-order valence-corrected chi connectivity index (χ0v) is 21.3. The summed E-state index contributed by atoms with van der Waals surface area (Å²) in [4.78, 5) is 27.2. The second-order valence-corrected chi connectivity index (χ2v) is 10.6. The normalized spacial score (nSPS) is 15.2. The van der Waals surface area contributed by atoms with E-state index in [1.54, 1.807) is 60.7 Å². The lowest BCUT2D eigenvalue weighted by Gasteiger charge is -2.34. The van der Waals surface area contributed by atoms with E-state index in [0.717, 1.165) is 9.87 Å². The van der Waals surface area contributed by atoms with E-state index in [4.69, 9.17) is 21.1 Å². The number of carbonyl (C=O) groups is 2. The van der Waals surface area contributed by atoms with E-state index >= 15 is 0 Å². The molecule has 1 heterocycles. The van der Waals surface area contributed by atoms with Crippen molar-refractivity contribution >= 4 is 39.2 Å². The van der Waals surface area contributed by atoms with Gasteiger partial charge in [0.2, 0.25) is 22.0 Å². The molecule has 0 saturated carbocycles. The third kappa shape index (κ3) is 5.38. The minimum Gasteiger partial charge on any atom is -0.475 e. The zero-order chi connectivity index (χ0) is 25.9. The summed E-state index contributed by atoms with van der Waals surface area (Å²) in [7, 11) is -2.84. The van der Waals surface area contributed by atoms with Crippen molar-refractivity contribution in [2.24, 2.45) is 0 Å². The molecule has 10 heteroatoms. The Balaban J connectivity index is 1.70. The Morgan fingerprint density at radius 2 is 1.72 bits per heavy atom. The quantitative estimate of drug-likeness (QED) is 0.433. The van der Waals surface area contributed by atoms with Gasteiger partial charge in [-0.25, -0.2) is 13.2 Å². The summed E-state index contributed by atoms with van der Waals surface area (Å²) in [6.07, 6.45) is -1.04. The first kappa shape index (κ1) is 25.7. The summed E-state index contributed by atoms with van der Waals surface area (Å²) in [6.45, 7) is 1.14. The standard InChI is InChI=1S/C26H25ClN2O6S/c1-18-11-13-20(14-12-18)36(32,33)28(15-19-7-3-4-8-21(19)27)17-25(30)29-16-24(26(31)34-2)35-23-10-6-5-9-22(23)29/h3-14,24H,15-17H2,1-2H3/t24-/m0/s1. The molecule has 3 aromatic carbocycles. The van der Waals surface area contributed by atoms with Crippen LogP contribution in [0.4, 0.5) is 5.69 Å². The number of anilines is 1. The van der Waals surface area contributed by atoms with Crippen LogP contribution in [0.1, 0.15) is 11.1 Å². The molecule has 1 amide bonds. The molecule has 0 aliphatic carbocycles. The molecule has 0 N–H and O–H groups in total. The number of carbonyl (C=O) groups excluding carboxylic acids is 2. The van der Waals surface area contributed by atoms with Crippen molar-refractivity contribution in [2.45, 2.75) is 24.5 Å². The molecular formula is C26H25ClN2O6S. The highest BCUT2D eigenvalue weighted by atomic mass is 35.5. The van der Waals surface area contributed by atoms with Crippen LogP contribution in [0.2, 0.25) is 5.02 Å². The van der Waals surface area contributed by atoms with Gasteiger partial charge in [0.15, 0.2) is 0 Å². The van der Waals surface area contributed by atoms with Crippen LogP contribution < -0.4 is 9.64 Å². The maximum absolute atomic E-state index is 13.7. The van der Waals surface area contributed by atoms with Crippen LogP contribution in [-0.4, -0.2) is 50.9 Å². The number of sulfonamides is 1. The average molecular weight is 529 g/mol. The van der Waals surface area contributed by atoms with Gasteiger partial charge in [-0.1, -0.05) is 59.6 Å². The van der Waals surface area contributed by atoms with Gasteiger partial charge in [-0.2, -0.15) is 4.31 Å². The maximum atomic E-state index is 13.7. The number of hydrogen-bond donors (Lipinski definition) is 0. The summed E-state index contributed by atoms with van der Waals surface area (Å²) < 4.78 is 38.9. The number of para-hydroxylation sites is 2. The maximum Gasteiger partial charge on any atom is 0.348 e. The number of esters is 1. The van der Waals surface area contributed by atoms with Crippen molar-refractivity contribution in [3.05, 3.63) is 88.9 Å². The lowest BCUT2D eigenvalue weighted by molar-refractivity contribution is -0.148. The topological polar surface area (TPSA) is 93.2 Å². The fraction of sp³-hybridized carbons (Fsp3) is 0.231. The molecule has 1 aliphatic heterocycles. The number of methoxy groups -OCH3 is 1. The molecular weight excluding hydrogens is 504 g/mol. The second-order valence-electron chi connectivity index (χ2n) is 8.28. The predicted molar refractivity (Wildman–Crippen MR) is 135 cm³/mol. The molecule has 0 aromatic heterocycles. The van der Waals surface area contributed by atoms with Crippen molar-refractivity contribution in [2.75, 3.05) is 25.1 Å². The van der Waals surface area contributed by atoms with Gasteiger partial charge in [0.05, 0.1) is 30.8 Å². The number of aryl methyl sites for hydroxylation is 1. The van der Waals surface area contributed by atoms with Gasteiger partial charge >= 0.3 is 5.97 Å². The summed E-state index contributed by atoms with van der Waals surface area (Å²) in [6, 6.07) is 20.0. The van der Waals surface area contributed by atoms with E-state index in [2.05, 4.69) is 0 Å². The molecule has 0 spiro atoms. The second kappa shape index (κ2) is 10.7. The SMILES string of the molecule is COC(=O)[C@@H]1CN(C(=O)CN(Cc2ccccc2Cl)S(=O)(=O)c2ccc(C)cc2)c2ccccc2O1. The Morgan fingerprint density at radius 3 is 2.42 bits per heavy atom. The Labute approximate surface area is 215 Å². The average Bonchev–Trinajstić information content (AvgIpc) is 2.88. The molecule has 36 heavy (non-hydrogen) atoms. The summed E-state index contributed by atoms with van der Waals surface area (Å²) in [5.41, 5.74) is 1.90. The number of fused-ring (bicyclic) bond motifs is 1. The zero-order valence-electron chi connectivity index (χ0n) is 19.8. The molecule has 0 saturated heterocycles. The van der Waals surface area contributed by atoms with Crippen LogP contribution >= 0.6 is 11.6 Å². The lowest BCUT2D eigenvalue weighted by Crippen LogP contribution is -2.50. The van der Waals surface area contributed by atoms with Gasteiger partial charge in [-0.15, -0.1) is 0 Å². The third-order valence-corrected chi connectivity index (χ3v) is 7.99. The van der Waals surface area contributed by atoms with Crippen LogP contribution in [0.25, 0.3) is 0 Å². The van der Waals surface area contributed by atoms with Crippen molar-refractivity contribution in [1.82, 2.24) is 4.31 Å². The van der Waals surface area contributed by atoms with Gasteiger partial charge in [-0.3, -0.25) is 4.79 Å². The molecule has 188 valence electrons. The number of amides is 1. The van der Waals surface area contributed by atoms with E-state index in [1.165, 1.54) is 24.1 Å². The Kier molecular flexibility index (Phi) is 7.63. The first-order chi connectivity index (χ1) is 17.2. The molecule has 3 aromatic rings. The highest BCUT2D eigenvalue weighted by molar-refractivity contribution is 7.89. The number of rotatable bonds is 7. The lowest BCUT2D eigenvalue weighted by atomic mass is 10.2. The minimum atomic E-state index is -4.07. The molecule has 0 unspecified atom stereocenters. The van der Waals surface area contributed by atoms with E-state index in [0.29, 0.717) is 22.0 Å². The molecule has 1 atom stereocenters. The summed E-state index contributed by atoms with van der Waals surface area (Å²) >= 11 is 6.32. The van der Waals surface area contributed by atoms with Crippen molar-refractivity contribution < 1.29 is 27.5 Å². The Bertz CT molecular complexity index is 1380. The number of ether oxygens (including phenoxy) is 2. The van der Waals surface area contributed by atoms with Crippen molar-refractivity contribution in [3.63, 3.8) is 0 Å². The molecule has 0 radical (unpaired) electrons. The number of halogens is 1. The van der Waals surface area contributed by atoms with E-state index in [9.17, 15) is 18.0 Å². The van der Waals surface area contributed by atoms with Crippen LogP contribution in [0.5, 0.6) is 5.75 Å². The van der Waals surface area contributed by atoms with Gasteiger partial charge < -0.3 is 14.4 Å². The molecule has 8 nitrogen and oxygen atoms in total. The third-order valence-electron chi connectivity index (χ3n) is 5.81. The van der Waals surface area contributed by atoms with Crippen molar-refractivity contribution in [1.29, 1.82) is 0 Å².